The summed E-state index contributed by atoms with van der Waals surface area (Å²) in [7, 11) is 0. The zero-order chi connectivity index (χ0) is 14.1. The Labute approximate surface area is 121 Å². The van der Waals surface area contributed by atoms with E-state index in [1.807, 2.05) is 0 Å². The van der Waals surface area contributed by atoms with E-state index in [0.717, 1.165) is 0 Å². The Bertz CT molecular complexity index is 547. The van der Waals surface area contributed by atoms with Gasteiger partial charge in [-0.15, -0.1) is 11.6 Å². The van der Waals surface area contributed by atoms with Crippen LogP contribution in [0.5, 0.6) is 0 Å². The molecule has 0 bridgehead atoms. The standard InChI is InChI=1S/C18H21Cl/c1-17(2,14-10-6-5-7-11-14)15-12-8-9-13-16(15)18(3,4)19/h5-13H,1-4H3. The molecule has 0 saturated heterocycles. The molecule has 0 radical (unpaired) electrons. The molecule has 0 spiro atoms. The molecule has 0 amide bonds. The third kappa shape index (κ3) is 2.84. The highest BCUT2D eigenvalue weighted by atomic mass is 35.5. The maximum absolute atomic E-state index is 6.56. The molecule has 0 unspecified atom stereocenters. The lowest BCUT2D eigenvalue weighted by Gasteiger charge is -2.32. The minimum atomic E-state index is -0.358. The second-order valence-corrected chi connectivity index (χ2v) is 6.95. The molecule has 2 rings (SSSR count). The van der Waals surface area contributed by atoms with Gasteiger partial charge in [-0.25, -0.2) is 0 Å². The summed E-state index contributed by atoms with van der Waals surface area (Å²) in [5.41, 5.74) is 3.75. The summed E-state index contributed by atoms with van der Waals surface area (Å²) in [5.74, 6) is 0. The van der Waals surface area contributed by atoms with E-state index >= 15 is 0 Å². The molecular formula is C18H21Cl. The lowest BCUT2D eigenvalue weighted by atomic mass is 9.74. The molecule has 0 aliphatic heterocycles. The first-order chi connectivity index (χ1) is 8.83. The van der Waals surface area contributed by atoms with Gasteiger partial charge >= 0.3 is 0 Å². The normalized spacial score (nSPS) is 12.5. The van der Waals surface area contributed by atoms with Gasteiger partial charge in [0.1, 0.15) is 0 Å². The molecule has 0 aliphatic rings. The molecule has 0 aliphatic carbocycles. The first-order valence-corrected chi connectivity index (χ1v) is 7.05. The van der Waals surface area contributed by atoms with E-state index in [4.69, 9.17) is 11.6 Å². The van der Waals surface area contributed by atoms with Crippen LogP contribution in [0.3, 0.4) is 0 Å². The Balaban J connectivity index is 2.59. The number of halogens is 1. The highest BCUT2D eigenvalue weighted by Gasteiger charge is 2.30. The topological polar surface area (TPSA) is 0 Å². The highest BCUT2D eigenvalue weighted by molar-refractivity contribution is 6.23. The van der Waals surface area contributed by atoms with E-state index in [1.54, 1.807) is 0 Å². The molecular weight excluding hydrogens is 252 g/mol. The van der Waals surface area contributed by atoms with E-state index in [1.165, 1.54) is 16.7 Å². The molecule has 0 fully saturated rings. The van der Waals surface area contributed by atoms with Gasteiger partial charge in [-0.3, -0.25) is 0 Å². The Morgan fingerprint density at radius 1 is 0.684 bits per heavy atom. The first-order valence-electron chi connectivity index (χ1n) is 6.68. The molecule has 2 aromatic rings. The lowest BCUT2D eigenvalue weighted by Crippen LogP contribution is -2.24. The van der Waals surface area contributed by atoms with Crippen LogP contribution in [0.4, 0.5) is 0 Å². The van der Waals surface area contributed by atoms with Crippen molar-refractivity contribution in [3.8, 4) is 0 Å². The zero-order valence-corrected chi connectivity index (χ0v) is 12.8. The number of rotatable bonds is 3. The summed E-state index contributed by atoms with van der Waals surface area (Å²) in [6, 6.07) is 19.1. The van der Waals surface area contributed by atoms with Gasteiger partial charge in [-0.2, -0.15) is 0 Å². The molecule has 0 aromatic heterocycles. The van der Waals surface area contributed by atoms with Gasteiger partial charge in [-0.05, 0) is 30.5 Å². The van der Waals surface area contributed by atoms with Crippen molar-refractivity contribution in [1.82, 2.24) is 0 Å². The van der Waals surface area contributed by atoms with E-state index in [-0.39, 0.29) is 10.3 Å². The van der Waals surface area contributed by atoms with Crippen molar-refractivity contribution in [2.24, 2.45) is 0 Å². The quantitative estimate of drug-likeness (QED) is 0.649. The van der Waals surface area contributed by atoms with Crippen LogP contribution in [-0.2, 0) is 10.3 Å². The minimum absolute atomic E-state index is 0.0516. The molecule has 0 atom stereocenters. The molecule has 0 nitrogen and oxygen atoms in total. The predicted octanol–water partition coefficient (Wildman–Crippen LogP) is 5.49. The molecule has 0 N–H and O–H groups in total. The van der Waals surface area contributed by atoms with Crippen molar-refractivity contribution in [2.45, 2.75) is 38.0 Å². The second-order valence-electron chi connectivity index (χ2n) is 6.01. The largest absolute Gasteiger partial charge is 0.115 e. The Kier molecular flexibility index (Phi) is 3.73. The number of alkyl halides is 1. The SMILES string of the molecule is CC(C)(Cl)c1ccccc1C(C)(C)c1ccccc1. The Morgan fingerprint density at radius 2 is 1.16 bits per heavy atom. The average Bonchev–Trinajstić information content (AvgIpc) is 2.39. The van der Waals surface area contributed by atoms with Crippen LogP contribution in [0, 0.1) is 0 Å². The average molecular weight is 273 g/mol. The van der Waals surface area contributed by atoms with Crippen LogP contribution >= 0.6 is 11.6 Å². The van der Waals surface area contributed by atoms with Crippen molar-refractivity contribution in [3.63, 3.8) is 0 Å². The molecule has 1 heteroatoms. The fraction of sp³-hybridized carbons (Fsp3) is 0.333. The monoisotopic (exact) mass is 272 g/mol. The third-order valence-electron chi connectivity index (χ3n) is 3.74. The van der Waals surface area contributed by atoms with Gasteiger partial charge in [0.2, 0.25) is 0 Å². The van der Waals surface area contributed by atoms with E-state index in [0.29, 0.717) is 0 Å². The number of benzene rings is 2. The number of hydrogen-bond donors (Lipinski definition) is 0. The maximum Gasteiger partial charge on any atom is 0.0641 e. The Hall–Kier alpha value is -1.27. The van der Waals surface area contributed by atoms with Crippen LogP contribution in [0.25, 0.3) is 0 Å². The maximum atomic E-state index is 6.56. The van der Waals surface area contributed by atoms with Crippen molar-refractivity contribution in [1.29, 1.82) is 0 Å². The summed E-state index contributed by atoms with van der Waals surface area (Å²) >= 11 is 6.56. The lowest BCUT2D eigenvalue weighted by molar-refractivity contribution is 0.613. The minimum Gasteiger partial charge on any atom is -0.115 e. The molecule has 100 valence electrons. The van der Waals surface area contributed by atoms with E-state index < -0.39 is 0 Å². The highest BCUT2D eigenvalue weighted by Crippen LogP contribution is 2.39. The van der Waals surface area contributed by atoms with Gasteiger partial charge in [0.15, 0.2) is 0 Å². The van der Waals surface area contributed by atoms with Crippen LogP contribution < -0.4 is 0 Å². The van der Waals surface area contributed by atoms with Crippen LogP contribution in [0.1, 0.15) is 44.4 Å². The van der Waals surface area contributed by atoms with Gasteiger partial charge < -0.3 is 0 Å². The molecule has 19 heavy (non-hydrogen) atoms. The van der Waals surface area contributed by atoms with Crippen molar-refractivity contribution in [3.05, 3.63) is 71.3 Å². The van der Waals surface area contributed by atoms with Gasteiger partial charge in [0.05, 0.1) is 4.87 Å². The van der Waals surface area contributed by atoms with Crippen LogP contribution in [-0.4, -0.2) is 0 Å². The summed E-state index contributed by atoms with van der Waals surface area (Å²) in [4.78, 5) is -0.358. The van der Waals surface area contributed by atoms with Crippen molar-refractivity contribution < 1.29 is 0 Å². The van der Waals surface area contributed by atoms with Crippen molar-refractivity contribution in [2.75, 3.05) is 0 Å². The third-order valence-corrected chi connectivity index (χ3v) is 3.94. The Morgan fingerprint density at radius 3 is 1.68 bits per heavy atom. The smallest absolute Gasteiger partial charge is 0.0641 e. The molecule has 2 aromatic carbocycles. The summed E-state index contributed by atoms with van der Waals surface area (Å²) in [6.45, 7) is 8.61. The number of hydrogen-bond acceptors (Lipinski definition) is 0. The van der Waals surface area contributed by atoms with Gasteiger partial charge in [-0.1, -0.05) is 68.4 Å². The van der Waals surface area contributed by atoms with E-state index in [9.17, 15) is 0 Å². The molecule has 0 saturated carbocycles. The summed E-state index contributed by atoms with van der Waals surface area (Å²) in [6.07, 6.45) is 0. The summed E-state index contributed by atoms with van der Waals surface area (Å²) in [5, 5.41) is 0. The fourth-order valence-electron chi connectivity index (χ4n) is 2.56. The zero-order valence-electron chi connectivity index (χ0n) is 12.1. The van der Waals surface area contributed by atoms with Gasteiger partial charge in [0.25, 0.3) is 0 Å². The molecule has 0 heterocycles. The van der Waals surface area contributed by atoms with Crippen LogP contribution in [0.15, 0.2) is 54.6 Å². The van der Waals surface area contributed by atoms with Crippen molar-refractivity contribution >= 4 is 11.6 Å². The van der Waals surface area contributed by atoms with Crippen LogP contribution in [0.2, 0.25) is 0 Å². The summed E-state index contributed by atoms with van der Waals surface area (Å²) < 4.78 is 0. The predicted molar refractivity (Wildman–Crippen MR) is 83.9 cm³/mol. The van der Waals surface area contributed by atoms with Gasteiger partial charge in [0, 0.05) is 5.41 Å². The second kappa shape index (κ2) is 5.02. The fourth-order valence-corrected chi connectivity index (χ4v) is 2.72. The first kappa shape index (κ1) is 14.1. The van der Waals surface area contributed by atoms with E-state index in [2.05, 4.69) is 82.3 Å².